The molecule has 0 aromatic carbocycles. The zero-order valence-electron chi connectivity index (χ0n) is 25.7. The molecule has 0 amide bonds. The van der Waals surface area contributed by atoms with Gasteiger partial charge in [0, 0.05) is 5.41 Å². The van der Waals surface area contributed by atoms with Crippen LogP contribution in [0.5, 0.6) is 0 Å². The van der Waals surface area contributed by atoms with E-state index in [0.717, 1.165) is 13.7 Å². The van der Waals surface area contributed by atoms with E-state index in [1.807, 2.05) is 6.92 Å². The lowest BCUT2D eigenvalue weighted by Crippen LogP contribution is -2.56. The smallest absolute Gasteiger partial charge is 0.336 e. The molecule has 7 atom stereocenters. The molecule has 5 rings (SSSR count). The highest BCUT2D eigenvalue weighted by molar-refractivity contribution is 4.92. The summed E-state index contributed by atoms with van der Waals surface area (Å²) in [6, 6.07) is 0. The van der Waals surface area contributed by atoms with Gasteiger partial charge in [0.25, 0.3) is 0 Å². The largest absolute Gasteiger partial charge is 0.391 e. The maximum atomic E-state index is 13.3. The number of aliphatic hydroxyl groups excluding tert-OH is 2. The van der Waals surface area contributed by atoms with Crippen LogP contribution in [0.3, 0.4) is 0 Å². The van der Waals surface area contributed by atoms with Crippen LogP contribution >= 0.6 is 0 Å². The highest BCUT2D eigenvalue weighted by Gasteiger charge is 2.43. The van der Waals surface area contributed by atoms with Gasteiger partial charge in [-0.2, -0.15) is 0 Å². The number of hydrogen-bond acceptors (Lipinski definition) is 12. The van der Waals surface area contributed by atoms with Crippen LogP contribution in [0, 0.1) is 5.41 Å². The van der Waals surface area contributed by atoms with E-state index in [1.54, 1.807) is 6.92 Å². The first kappa shape index (κ1) is 33.4. The molecule has 250 valence electrons. The van der Waals surface area contributed by atoms with Crippen molar-refractivity contribution in [3.63, 3.8) is 0 Å². The van der Waals surface area contributed by atoms with Gasteiger partial charge in [0.05, 0.1) is 104 Å². The Morgan fingerprint density at radius 2 is 1.27 bits per heavy atom. The predicted molar refractivity (Wildman–Crippen MR) is 154 cm³/mol. The second-order valence-electron chi connectivity index (χ2n) is 12.5. The third kappa shape index (κ3) is 9.53. The van der Waals surface area contributed by atoms with E-state index in [-0.39, 0.29) is 50.7 Å². The highest BCUT2D eigenvalue weighted by atomic mass is 16.6. The minimum atomic E-state index is -0.905. The van der Waals surface area contributed by atoms with Crippen LogP contribution in [0.25, 0.3) is 0 Å². The minimum absolute atomic E-state index is 0.0203. The van der Waals surface area contributed by atoms with Crippen LogP contribution in [0.2, 0.25) is 0 Å². The molecule has 2 N–H and O–H groups in total. The number of aromatic nitrogens is 3. The molecule has 4 saturated heterocycles. The van der Waals surface area contributed by atoms with E-state index in [0.29, 0.717) is 78.5 Å². The minimum Gasteiger partial charge on any atom is -0.391 e. The Morgan fingerprint density at radius 3 is 1.82 bits per heavy atom. The van der Waals surface area contributed by atoms with Crippen molar-refractivity contribution in [3.05, 3.63) is 31.5 Å². The van der Waals surface area contributed by atoms with E-state index >= 15 is 0 Å². The molecular formula is C29H47N3O12. The van der Waals surface area contributed by atoms with Crippen LogP contribution in [0.15, 0.2) is 14.4 Å². The van der Waals surface area contributed by atoms with E-state index in [9.17, 15) is 24.6 Å². The number of epoxide rings is 4. The fraction of sp³-hybridized carbons (Fsp3) is 0.897. The van der Waals surface area contributed by atoms with Gasteiger partial charge < -0.3 is 43.4 Å². The summed E-state index contributed by atoms with van der Waals surface area (Å²) in [5.41, 5.74) is -2.77. The first-order chi connectivity index (χ1) is 21.2. The zero-order chi connectivity index (χ0) is 31.3. The third-order valence-corrected chi connectivity index (χ3v) is 8.47. The molecule has 0 saturated carbocycles. The van der Waals surface area contributed by atoms with Gasteiger partial charge in [0.2, 0.25) is 0 Å². The van der Waals surface area contributed by atoms with Gasteiger partial charge in [-0.05, 0) is 25.7 Å². The van der Waals surface area contributed by atoms with Crippen LogP contribution in [0.4, 0.5) is 0 Å². The summed E-state index contributed by atoms with van der Waals surface area (Å²) < 4.78 is 42.7. The Balaban J connectivity index is 1.26. The molecule has 5 heterocycles. The van der Waals surface area contributed by atoms with Gasteiger partial charge in [-0.15, -0.1) is 0 Å². The quantitative estimate of drug-likeness (QED) is 0.134. The summed E-state index contributed by atoms with van der Waals surface area (Å²) in [6.45, 7) is 7.40. The van der Waals surface area contributed by atoms with E-state index in [2.05, 4.69) is 0 Å². The van der Waals surface area contributed by atoms with E-state index < -0.39 is 40.8 Å². The van der Waals surface area contributed by atoms with Crippen molar-refractivity contribution in [2.75, 3.05) is 59.5 Å². The van der Waals surface area contributed by atoms with Crippen molar-refractivity contribution in [2.45, 2.75) is 102 Å². The Bertz CT molecular complexity index is 1230. The molecule has 1 aromatic heterocycles. The number of aliphatic hydroxyl groups is 2. The topological polar surface area (TPSA) is 184 Å². The molecule has 0 spiro atoms. The lowest BCUT2D eigenvalue weighted by Gasteiger charge is -2.33. The summed E-state index contributed by atoms with van der Waals surface area (Å²) in [7, 11) is 0. The van der Waals surface area contributed by atoms with Gasteiger partial charge in [-0.25, -0.2) is 28.1 Å². The van der Waals surface area contributed by atoms with Gasteiger partial charge in [-0.1, -0.05) is 13.8 Å². The normalized spacial score (nSPS) is 28.0. The molecule has 4 aliphatic rings. The summed E-state index contributed by atoms with van der Waals surface area (Å²) in [5.74, 6) is 0. The van der Waals surface area contributed by atoms with Crippen LogP contribution in [-0.4, -0.2) is 126 Å². The molecule has 0 radical (unpaired) electrons. The molecule has 0 bridgehead atoms. The first-order valence-corrected chi connectivity index (χ1v) is 15.8. The molecular weight excluding hydrogens is 582 g/mol. The highest BCUT2D eigenvalue weighted by Crippen LogP contribution is 2.35. The molecule has 0 aliphatic carbocycles. The van der Waals surface area contributed by atoms with Gasteiger partial charge in [0.1, 0.15) is 18.3 Å². The molecule has 1 aromatic rings. The molecule has 44 heavy (non-hydrogen) atoms. The maximum absolute atomic E-state index is 13.3. The number of rotatable bonds is 23. The van der Waals surface area contributed by atoms with Gasteiger partial charge in [0.15, 0.2) is 0 Å². The van der Waals surface area contributed by atoms with E-state index in [4.69, 9.17) is 33.2 Å². The zero-order valence-corrected chi connectivity index (χ0v) is 25.7. The molecule has 7 unspecified atom stereocenters. The summed E-state index contributed by atoms with van der Waals surface area (Å²) >= 11 is 0. The number of hydrogen-bond donors (Lipinski definition) is 2. The van der Waals surface area contributed by atoms with Crippen LogP contribution in [0.1, 0.15) is 39.5 Å². The average Bonchev–Trinajstić information content (AvgIpc) is 3.80. The Morgan fingerprint density at radius 1 is 0.750 bits per heavy atom. The fourth-order valence-corrected chi connectivity index (χ4v) is 5.10. The molecule has 15 heteroatoms. The summed E-state index contributed by atoms with van der Waals surface area (Å²) in [5, 5.41) is 20.2. The van der Waals surface area contributed by atoms with Crippen molar-refractivity contribution in [3.8, 4) is 0 Å². The van der Waals surface area contributed by atoms with Crippen molar-refractivity contribution in [1.82, 2.24) is 13.7 Å². The predicted octanol–water partition coefficient (Wildman–Crippen LogP) is -1.51. The molecule has 4 fully saturated rings. The Labute approximate surface area is 255 Å². The first-order valence-electron chi connectivity index (χ1n) is 15.8. The van der Waals surface area contributed by atoms with Crippen LogP contribution in [-0.2, 0) is 52.8 Å². The monoisotopic (exact) mass is 629 g/mol. The van der Waals surface area contributed by atoms with Crippen molar-refractivity contribution in [2.24, 2.45) is 5.41 Å². The van der Waals surface area contributed by atoms with Crippen LogP contribution < -0.4 is 17.1 Å². The second kappa shape index (κ2) is 15.1. The average molecular weight is 630 g/mol. The third-order valence-electron chi connectivity index (χ3n) is 8.47. The van der Waals surface area contributed by atoms with Gasteiger partial charge in [-0.3, -0.25) is 0 Å². The van der Waals surface area contributed by atoms with Gasteiger partial charge >= 0.3 is 17.1 Å². The van der Waals surface area contributed by atoms with E-state index in [1.165, 1.54) is 0 Å². The van der Waals surface area contributed by atoms with Crippen molar-refractivity contribution < 1.29 is 43.4 Å². The lowest BCUT2D eigenvalue weighted by molar-refractivity contribution is -0.0889. The molecule has 4 aliphatic heterocycles. The Kier molecular flexibility index (Phi) is 11.5. The van der Waals surface area contributed by atoms with Crippen molar-refractivity contribution in [1.29, 1.82) is 0 Å². The van der Waals surface area contributed by atoms with Crippen molar-refractivity contribution >= 4 is 0 Å². The molecule has 15 nitrogen and oxygen atoms in total. The number of ether oxygens (including phenoxy) is 7. The standard InChI is InChI=1S/C29H47N3O12/c1-3-19(33)7-30-26(35)31(8-21-13-41-21)28(37)32(27(30)36)9-25-24(44-25)5-6-29(16-38-10-20(34)4-2,17-39-11-22-14-42-22)18-40-12-23-15-43-23/h19-25,33-34H,3-18H2,1-2H3. The lowest BCUT2D eigenvalue weighted by atomic mass is 9.84. The summed E-state index contributed by atoms with van der Waals surface area (Å²) in [6.07, 6.45) is -0.0470. The second-order valence-corrected chi connectivity index (χ2v) is 12.5. The SMILES string of the molecule is CCC(O)COCC(CCC1OC1Cn1c(=O)n(CC(O)CC)c(=O)n(CC2CO2)c1=O)(COCC1CO1)COCC1CO1. The number of nitrogens with zero attached hydrogens (tertiary/aromatic N) is 3. The maximum Gasteiger partial charge on any atom is 0.336 e. The summed E-state index contributed by atoms with van der Waals surface area (Å²) in [4.78, 5) is 39.6. The fourth-order valence-electron chi connectivity index (χ4n) is 5.10. The Hall–Kier alpha value is -1.95.